The third kappa shape index (κ3) is 4.66. The summed E-state index contributed by atoms with van der Waals surface area (Å²) in [5, 5.41) is -0.109. The molecule has 0 aliphatic carbocycles. The van der Waals surface area contributed by atoms with Crippen molar-refractivity contribution in [2.45, 2.75) is 11.8 Å². The smallest absolute Gasteiger partial charge is 0.216 e. The van der Waals surface area contributed by atoms with Crippen LogP contribution in [0.4, 0.5) is 4.39 Å². The molecule has 0 spiro atoms. The minimum absolute atomic E-state index is 0.109. The second-order valence-corrected chi connectivity index (χ2v) is 7.88. The summed E-state index contributed by atoms with van der Waals surface area (Å²) >= 11 is 5.74. The van der Waals surface area contributed by atoms with E-state index in [0.29, 0.717) is 11.3 Å². The molecule has 0 aliphatic heterocycles. The Bertz CT molecular complexity index is 943. The monoisotopic (exact) mass is 390 g/mol. The van der Waals surface area contributed by atoms with Gasteiger partial charge in [-0.1, -0.05) is 54.1 Å². The molecule has 2 aromatic carbocycles. The number of halogens is 2. The molecule has 1 unspecified atom stereocenters. The number of benzene rings is 2. The Morgan fingerprint density at radius 1 is 1.04 bits per heavy atom. The first-order valence-electron chi connectivity index (χ1n) is 7.84. The first-order chi connectivity index (χ1) is 12.4. The van der Waals surface area contributed by atoms with Crippen molar-refractivity contribution in [1.82, 2.24) is 9.71 Å². The molecule has 3 rings (SSSR count). The lowest BCUT2D eigenvalue weighted by Gasteiger charge is -2.19. The minimum atomic E-state index is -3.73. The van der Waals surface area contributed by atoms with E-state index in [4.69, 9.17) is 11.6 Å². The number of pyridine rings is 1. The van der Waals surface area contributed by atoms with Crippen molar-refractivity contribution in [2.75, 3.05) is 0 Å². The van der Waals surface area contributed by atoms with Crippen molar-refractivity contribution in [3.8, 4) is 0 Å². The van der Waals surface area contributed by atoms with Crippen LogP contribution >= 0.6 is 11.6 Å². The normalized spacial score (nSPS) is 12.7. The molecule has 0 radical (unpaired) electrons. The minimum Gasteiger partial charge on any atom is -0.259 e. The van der Waals surface area contributed by atoms with E-state index in [1.807, 2.05) is 30.3 Å². The molecular formula is C19H16ClFN2O2S. The largest absolute Gasteiger partial charge is 0.259 e. The molecule has 0 fully saturated rings. The van der Waals surface area contributed by atoms with E-state index >= 15 is 0 Å². The van der Waals surface area contributed by atoms with Crippen LogP contribution in [0.15, 0.2) is 72.9 Å². The number of nitrogens with one attached hydrogen (secondary N) is 1. The van der Waals surface area contributed by atoms with Gasteiger partial charge in [0.2, 0.25) is 10.0 Å². The Balaban J connectivity index is 1.89. The Kier molecular flexibility index (Phi) is 5.66. The average molecular weight is 391 g/mol. The van der Waals surface area contributed by atoms with Gasteiger partial charge in [0.15, 0.2) is 0 Å². The molecule has 1 atom stereocenters. The molecule has 0 saturated carbocycles. The van der Waals surface area contributed by atoms with Gasteiger partial charge in [0.05, 0.1) is 22.5 Å². The highest BCUT2D eigenvalue weighted by molar-refractivity contribution is 7.88. The maximum Gasteiger partial charge on any atom is 0.216 e. The third-order valence-corrected chi connectivity index (χ3v) is 5.35. The van der Waals surface area contributed by atoms with Gasteiger partial charge in [0.25, 0.3) is 0 Å². The summed E-state index contributed by atoms with van der Waals surface area (Å²) in [6, 6.07) is 17.7. The molecule has 0 bridgehead atoms. The zero-order valence-electron chi connectivity index (χ0n) is 13.6. The van der Waals surface area contributed by atoms with E-state index in [0.717, 1.165) is 11.6 Å². The van der Waals surface area contributed by atoms with Crippen molar-refractivity contribution < 1.29 is 12.8 Å². The van der Waals surface area contributed by atoms with Gasteiger partial charge in [-0.25, -0.2) is 17.5 Å². The summed E-state index contributed by atoms with van der Waals surface area (Å²) in [5.74, 6) is -0.903. The lowest BCUT2D eigenvalue weighted by atomic mass is 10.0. The number of sulfonamides is 1. The highest BCUT2D eigenvalue weighted by Gasteiger charge is 2.22. The summed E-state index contributed by atoms with van der Waals surface area (Å²) in [7, 11) is -3.73. The first kappa shape index (κ1) is 18.5. The van der Waals surface area contributed by atoms with E-state index in [-0.39, 0.29) is 10.8 Å². The number of rotatable bonds is 6. The number of nitrogens with zero attached hydrogens (tertiary/aromatic N) is 1. The molecule has 1 N–H and O–H groups in total. The fourth-order valence-corrected chi connectivity index (χ4v) is 4.08. The highest BCUT2D eigenvalue weighted by Crippen LogP contribution is 2.23. The molecule has 3 aromatic rings. The van der Waals surface area contributed by atoms with Crippen LogP contribution < -0.4 is 4.72 Å². The maximum absolute atomic E-state index is 13.3. The fraction of sp³-hybridized carbons (Fsp3) is 0.105. The van der Waals surface area contributed by atoms with Crippen LogP contribution in [0.2, 0.25) is 5.02 Å². The Morgan fingerprint density at radius 2 is 1.77 bits per heavy atom. The molecule has 0 amide bonds. The van der Waals surface area contributed by atoms with Gasteiger partial charge in [-0.3, -0.25) is 4.98 Å². The van der Waals surface area contributed by atoms with Gasteiger partial charge >= 0.3 is 0 Å². The molecular weight excluding hydrogens is 375 g/mol. The lowest BCUT2D eigenvalue weighted by Crippen LogP contribution is -2.31. The van der Waals surface area contributed by atoms with Crippen molar-refractivity contribution in [3.05, 3.63) is 101 Å². The quantitative estimate of drug-likeness (QED) is 0.689. The van der Waals surface area contributed by atoms with E-state index in [1.165, 1.54) is 12.1 Å². The number of hydrogen-bond acceptors (Lipinski definition) is 3. The summed E-state index contributed by atoms with van der Waals surface area (Å²) in [6.07, 6.45) is 1.61. The van der Waals surface area contributed by atoms with Crippen molar-refractivity contribution in [1.29, 1.82) is 0 Å². The van der Waals surface area contributed by atoms with Crippen molar-refractivity contribution >= 4 is 21.6 Å². The molecule has 0 aliphatic rings. The second kappa shape index (κ2) is 7.95. The predicted octanol–water partition coefficient (Wildman–Crippen LogP) is 4.08. The number of aromatic nitrogens is 1. The van der Waals surface area contributed by atoms with Crippen LogP contribution in [0, 0.1) is 5.82 Å². The molecule has 26 heavy (non-hydrogen) atoms. The van der Waals surface area contributed by atoms with E-state index in [1.54, 1.807) is 24.4 Å². The van der Waals surface area contributed by atoms with Crippen LogP contribution in [0.1, 0.15) is 22.9 Å². The maximum atomic E-state index is 13.3. The zero-order chi connectivity index (χ0) is 18.6. The average Bonchev–Trinajstić information content (AvgIpc) is 2.64. The molecule has 1 heterocycles. The summed E-state index contributed by atoms with van der Waals surface area (Å²) in [4.78, 5) is 4.27. The lowest BCUT2D eigenvalue weighted by molar-refractivity contribution is 0.569. The third-order valence-electron chi connectivity index (χ3n) is 3.75. The van der Waals surface area contributed by atoms with Crippen LogP contribution in [-0.2, 0) is 15.8 Å². The first-order valence-corrected chi connectivity index (χ1v) is 9.87. The molecule has 7 heteroatoms. The van der Waals surface area contributed by atoms with Crippen molar-refractivity contribution in [2.24, 2.45) is 0 Å². The van der Waals surface area contributed by atoms with Gasteiger partial charge in [0.1, 0.15) is 5.82 Å². The summed E-state index contributed by atoms with van der Waals surface area (Å²) in [5.41, 5.74) is 1.75. The van der Waals surface area contributed by atoms with Crippen molar-refractivity contribution in [3.63, 3.8) is 0 Å². The molecule has 134 valence electrons. The zero-order valence-corrected chi connectivity index (χ0v) is 15.2. The van der Waals surface area contributed by atoms with E-state index in [9.17, 15) is 12.8 Å². The highest BCUT2D eigenvalue weighted by atomic mass is 35.5. The van der Waals surface area contributed by atoms with E-state index < -0.39 is 21.9 Å². The summed E-state index contributed by atoms with van der Waals surface area (Å²) < 4.78 is 41.3. The van der Waals surface area contributed by atoms with Gasteiger partial charge in [0, 0.05) is 6.20 Å². The predicted molar refractivity (Wildman–Crippen MR) is 99.7 cm³/mol. The number of hydrogen-bond donors (Lipinski definition) is 1. The van der Waals surface area contributed by atoms with Gasteiger partial charge in [-0.05, 0) is 35.4 Å². The van der Waals surface area contributed by atoms with Gasteiger partial charge in [-0.2, -0.15) is 0 Å². The van der Waals surface area contributed by atoms with Crippen LogP contribution in [0.25, 0.3) is 0 Å². The topological polar surface area (TPSA) is 59.1 Å². The molecule has 0 saturated heterocycles. The fourth-order valence-electron chi connectivity index (χ4n) is 2.56. The Hall–Kier alpha value is -2.28. The Morgan fingerprint density at radius 3 is 2.42 bits per heavy atom. The summed E-state index contributed by atoms with van der Waals surface area (Å²) in [6.45, 7) is 0. The Labute approximate surface area is 156 Å². The van der Waals surface area contributed by atoms with Gasteiger partial charge in [-0.15, -0.1) is 0 Å². The van der Waals surface area contributed by atoms with E-state index in [2.05, 4.69) is 9.71 Å². The standard InChI is InChI=1S/C19H16ClFN2O2S/c20-16-12-14(9-10-17(16)21)13-26(24,25)23-19(15-6-2-1-3-7-15)18-8-4-5-11-22-18/h1-12,19,23H,13H2. The van der Waals surface area contributed by atoms with Gasteiger partial charge < -0.3 is 0 Å². The van der Waals surface area contributed by atoms with Crippen LogP contribution in [-0.4, -0.2) is 13.4 Å². The van der Waals surface area contributed by atoms with Crippen LogP contribution in [0.3, 0.4) is 0 Å². The molecule has 1 aromatic heterocycles. The van der Waals surface area contributed by atoms with Crippen LogP contribution in [0.5, 0.6) is 0 Å². The molecule has 4 nitrogen and oxygen atoms in total. The SMILES string of the molecule is O=S(=O)(Cc1ccc(F)c(Cl)c1)NC(c1ccccc1)c1ccccn1. The second-order valence-electron chi connectivity index (χ2n) is 5.72.